The lowest BCUT2D eigenvalue weighted by Crippen LogP contribution is -2.26. The first-order valence-corrected chi connectivity index (χ1v) is 6.20. The fraction of sp³-hybridized carbons (Fsp3) is 0.571. The number of methoxy groups -OCH3 is 1. The maximum absolute atomic E-state index is 5.47. The molecular formula is C14H23NO2. The van der Waals surface area contributed by atoms with Gasteiger partial charge >= 0.3 is 0 Å². The van der Waals surface area contributed by atoms with Gasteiger partial charge in [0.15, 0.2) is 0 Å². The molecule has 0 aliphatic rings. The molecule has 0 bridgehead atoms. The highest BCUT2D eigenvalue weighted by Gasteiger charge is 2.01. The van der Waals surface area contributed by atoms with E-state index >= 15 is 0 Å². The molecule has 1 unspecified atom stereocenters. The summed E-state index contributed by atoms with van der Waals surface area (Å²) in [5, 5.41) is 3.47. The molecule has 0 aliphatic heterocycles. The third kappa shape index (κ3) is 5.71. The zero-order valence-corrected chi connectivity index (χ0v) is 11.0. The molecular weight excluding hydrogens is 214 g/mol. The maximum atomic E-state index is 5.47. The molecule has 0 aromatic heterocycles. The molecule has 0 spiro atoms. The first kappa shape index (κ1) is 14.0. The van der Waals surface area contributed by atoms with Crippen molar-refractivity contribution in [3.05, 3.63) is 29.8 Å². The van der Waals surface area contributed by atoms with Gasteiger partial charge in [0.2, 0.25) is 0 Å². The van der Waals surface area contributed by atoms with Crippen molar-refractivity contribution in [1.29, 1.82) is 0 Å². The molecule has 1 aromatic rings. The van der Waals surface area contributed by atoms with Crippen molar-refractivity contribution in [2.24, 2.45) is 0 Å². The summed E-state index contributed by atoms with van der Waals surface area (Å²) in [4.78, 5) is 0. The topological polar surface area (TPSA) is 30.5 Å². The van der Waals surface area contributed by atoms with E-state index in [-0.39, 0.29) is 0 Å². The molecule has 0 aliphatic carbocycles. The van der Waals surface area contributed by atoms with Crippen molar-refractivity contribution in [2.75, 3.05) is 20.3 Å². The smallest absolute Gasteiger partial charge is 0.119 e. The molecule has 0 fully saturated rings. The molecule has 0 heterocycles. The molecule has 0 radical (unpaired) electrons. The van der Waals surface area contributed by atoms with Crippen molar-refractivity contribution < 1.29 is 9.47 Å². The summed E-state index contributed by atoms with van der Waals surface area (Å²) in [7, 11) is 1.73. The van der Waals surface area contributed by atoms with Crippen molar-refractivity contribution in [1.82, 2.24) is 5.32 Å². The minimum atomic E-state index is 0.464. The molecule has 96 valence electrons. The maximum Gasteiger partial charge on any atom is 0.119 e. The van der Waals surface area contributed by atoms with Crippen LogP contribution >= 0.6 is 0 Å². The van der Waals surface area contributed by atoms with E-state index in [1.807, 2.05) is 19.1 Å². The second-order valence-electron chi connectivity index (χ2n) is 4.14. The van der Waals surface area contributed by atoms with Crippen LogP contribution in [-0.2, 0) is 11.3 Å². The summed E-state index contributed by atoms with van der Waals surface area (Å²) in [6.07, 6.45) is 1.03. The van der Waals surface area contributed by atoms with E-state index in [0.717, 1.165) is 25.3 Å². The SMILES string of the molecule is CCOc1cccc(CNC(C)CCOC)c1. The van der Waals surface area contributed by atoms with Crippen LogP contribution in [0.5, 0.6) is 5.75 Å². The van der Waals surface area contributed by atoms with Gasteiger partial charge in [-0.2, -0.15) is 0 Å². The Morgan fingerprint density at radius 3 is 2.88 bits per heavy atom. The van der Waals surface area contributed by atoms with Gasteiger partial charge in [0.25, 0.3) is 0 Å². The van der Waals surface area contributed by atoms with Gasteiger partial charge in [0.1, 0.15) is 5.75 Å². The van der Waals surface area contributed by atoms with E-state index in [2.05, 4.69) is 24.4 Å². The molecule has 3 heteroatoms. The fourth-order valence-electron chi connectivity index (χ4n) is 1.60. The standard InChI is InChI=1S/C14H23NO2/c1-4-17-14-7-5-6-13(10-14)11-15-12(2)8-9-16-3/h5-7,10,12,15H,4,8-9,11H2,1-3H3. The summed E-state index contributed by atoms with van der Waals surface area (Å²) in [5.74, 6) is 0.941. The lowest BCUT2D eigenvalue weighted by molar-refractivity contribution is 0.184. The highest BCUT2D eigenvalue weighted by molar-refractivity contribution is 5.28. The van der Waals surface area contributed by atoms with Crippen LogP contribution in [0.25, 0.3) is 0 Å². The van der Waals surface area contributed by atoms with E-state index in [4.69, 9.17) is 9.47 Å². The van der Waals surface area contributed by atoms with Crippen LogP contribution in [0.1, 0.15) is 25.8 Å². The van der Waals surface area contributed by atoms with Gasteiger partial charge in [-0.1, -0.05) is 12.1 Å². The fourth-order valence-corrected chi connectivity index (χ4v) is 1.60. The number of nitrogens with one attached hydrogen (secondary N) is 1. The molecule has 0 saturated carbocycles. The highest BCUT2D eigenvalue weighted by Crippen LogP contribution is 2.13. The van der Waals surface area contributed by atoms with Crippen molar-refractivity contribution in [2.45, 2.75) is 32.9 Å². The average molecular weight is 237 g/mol. The Morgan fingerprint density at radius 1 is 1.35 bits per heavy atom. The Kier molecular flexibility index (Phi) is 6.67. The molecule has 17 heavy (non-hydrogen) atoms. The first-order chi connectivity index (χ1) is 8.26. The van der Waals surface area contributed by atoms with Gasteiger partial charge < -0.3 is 14.8 Å². The van der Waals surface area contributed by atoms with Gasteiger partial charge in [-0.25, -0.2) is 0 Å². The predicted octanol–water partition coefficient (Wildman–Crippen LogP) is 2.60. The van der Waals surface area contributed by atoms with Crippen LogP contribution < -0.4 is 10.1 Å². The lowest BCUT2D eigenvalue weighted by atomic mass is 10.2. The van der Waals surface area contributed by atoms with Crippen LogP contribution in [0.4, 0.5) is 0 Å². The molecule has 1 N–H and O–H groups in total. The summed E-state index contributed by atoms with van der Waals surface area (Å²) in [6, 6.07) is 8.67. The monoisotopic (exact) mass is 237 g/mol. The van der Waals surface area contributed by atoms with Crippen LogP contribution in [0.3, 0.4) is 0 Å². The average Bonchev–Trinajstić information content (AvgIpc) is 2.35. The minimum absolute atomic E-state index is 0.464. The van der Waals surface area contributed by atoms with E-state index in [9.17, 15) is 0 Å². The molecule has 1 aromatic carbocycles. The van der Waals surface area contributed by atoms with E-state index < -0.39 is 0 Å². The van der Waals surface area contributed by atoms with E-state index in [1.165, 1.54) is 5.56 Å². The quantitative estimate of drug-likeness (QED) is 0.754. The van der Waals surface area contributed by atoms with Crippen LogP contribution in [0.2, 0.25) is 0 Å². The van der Waals surface area contributed by atoms with Gasteiger partial charge in [0.05, 0.1) is 6.61 Å². The van der Waals surface area contributed by atoms with Gasteiger partial charge in [-0.15, -0.1) is 0 Å². The Hall–Kier alpha value is -1.06. The van der Waals surface area contributed by atoms with Crippen LogP contribution in [0.15, 0.2) is 24.3 Å². The van der Waals surface area contributed by atoms with Crippen molar-refractivity contribution in [3.8, 4) is 5.75 Å². The van der Waals surface area contributed by atoms with Crippen molar-refractivity contribution in [3.63, 3.8) is 0 Å². The lowest BCUT2D eigenvalue weighted by Gasteiger charge is -2.13. The van der Waals surface area contributed by atoms with E-state index in [0.29, 0.717) is 12.6 Å². The van der Waals surface area contributed by atoms with Gasteiger partial charge in [0, 0.05) is 26.3 Å². The number of ether oxygens (including phenoxy) is 2. The van der Waals surface area contributed by atoms with Gasteiger partial charge in [-0.05, 0) is 38.0 Å². The second-order valence-corrected chi connectivity index (χ2v) is 4.14. The predicted molar refractivity (Wildman–Crippen MR) is 70.4 cm³/mol. The normalized spacial score (nSPS) is 12.4. The third-order valence-electron chi connectivity index (χ3n) is 2.62. The largest absolute Gasteiger partial charge is 0.494 e. The number of benzene rings is 1. The summed E-state index contributed by atoms with van der Waals surface area (Å²) >= 11 is 0. The summed E-state index contributed by atoms with van der Waals surface area (Å²) in [6.45, 7) is 6.54. The van der Waals surface area contributed by atoms with Crippen LogP contribution in [-0.4, -0.2) is 26.4 Å². The highest BCUT2D eigenvalue weighted by atomic mass is 16.5. The molecule has 0 amide bonds. The van der Waals surface area contributed by atoms with Gasteiger partial charge in [-0.3, -0.25) is 0 Å². The third-order valence-corrected chi connectivity index (χ3v) is 2.62. The number of rotatable bonds is 8. The first-order valence-electron chi connectivity index (χ1n) is 6.20. The Morgan fingerprint density at radius 2 is 2.18 bits per heavy atom. The number of hydrogen-bond acceptors (Lipinski definition) is 3. The molecule has 0 saturated heterocycles. The Balaban J connectivity index is 2.37. The second kappa shape index (κ2) is 8.09. The Labute approximate surface area is 104 Å². The summed E-state index contributed by atoms with van der Waals surface area (Å²) in [5.41, 5.74) is 1.25. The van der Waals surface area contributed by atoms with Crippen LogP contribution in [0, 0.1) is 0 Å². The Bertz CT molecular complexity index is 315. The number of hydrogen-bond donors (Lipinski definition) is 1. The summed E-state index contributed by atoms with van der Waals surface area (Å²) < 4.78 is 10.5. The van der Waals surface area contributed by atoms with Crippen molar-refractivity contribution >= 4 is 0 Å². The molecule has 3 nitrogen and oxygen atoms in total. The zero-order chi connectivity index (χ0) is 12.5. The van der Waals surface area contributed by atoms with E-state index in [1.54, 1.807) is 7.11 Å². The molecule has 1 rings (SSSR count). The molecule has 1 atom stereocenters. The zero-order valence-electron chi connectivity index (χ0n) is 11.0. The minimum Gasteiger partial charge on any atom is -0.494 e.